The third-order valence-corrected chi connectivity index (χ3v) is 10.9. The molecule has 1 aliphatic heterocycles. The fraction of sp³-hybridized carbons (Fsp3) is 0.118. The molecule has 0 fully saturated rings. The van der Waals surface area contributed by atoms with E-state index in [4.69, 9.17) is 14.1 Å². The number of benzene rings is 3. The lowest BCUT2D eigenvalue weighted by Crippen LogP contribution is -2.40. The number of esters is 1. The highest BCUT2D eigenvalue weighted by Gasteiger charge is 2.35. The predicted molar refractivity (Wildman–Crippen MR) is 182 cm³/mol. The van der Waals surface area contributed by atoms with Crippen LogP contribution in [0.2, 0.25) is 0 Å². The van der Waals surface area contributed by atoms with Gasteiger partial charge in [-0.3, -0.25) is 9.36 Å². The van der Waals surface area contributed by atoms with Crippen molar-refractivity contribution >= 4 is 74.2 Å². The van der Waals surface area contributed by atoms with Crippen molar-refractivity contribution in [3.05, 3.63) is 133 Å². The first-order valence-corrected chi connectivity index (χ1v) is 17.8. The summed E-state index contributed by atoms with van der Waals surface area (Å²) in [6, 6.07) is 28.4. The zero-order valence-electron chi connectivity index (χ0n) is 24.1. The van der Waals surface area contributed by atoms with E-state index in [1.807, 2.05) is 97.3 Å². The van der Waals surface area contributed by atoms with E-state index in [1.165, 1.54) is 23.1 Å². The lowest BCUT2D eigenvalue weighted by Gasteiger charge is -2.26. The molecule has 0 saturated heterocycles. The molecule has 0 spiro atoms. The Hall–Kier alpha value is -4.16. The van der Waals surface area contributed by atoms with Gasteiger partial charge in [0.1, 0.15) is 5.76 Å². The van der Waals surface area contributed by atoms with Crippen LogP contribution < -0.4 is 14.9 Å². The SMILES string of the molecule is CCOC(=O)C1=C(c2ccccc2)N=c2s/c(=C/c3ccc(Sc4nc5ccccc5s4)o3)c(=O)n2[C@@H]1c1ccc(SC)cc1. The molecule has 0 saturated carbocycles. The molecule has 1 aliphatic rings. The second-order valence-electron chi connectivity index (χ2n) is 9.91. The van der Waals surface area contributed by atoms with Gasteiger partial charge in [-0.2, -0.15) is 0 Å². The topological polar surface area (TPSA) is 86.7 Å². The number of furan rings is 1. The third kappa shape index (κ3) is 5.84. The van der Waals surface area contributed by atoms with Gasteiger partial charge in [0.25, 0.3) is 5.56 Å². The summed E-state index contributed by atoms with van der Waals surface area (Å²) in [5, 5.41) is 0.677. The largest absolute Gasteiger partial charge is 0.463 e. The minimum Gasteiger partial charge on any atom is -0.463 e. The second kappa shape index (κ2) is 12.7. The highest BCUT2D eigenvalue weighted by molar-refractivity contribution is 8.01. The van der Waals surface area contributed by atoms with Gasteiger partial charge in [0.15, 0.2) is 14.2 Å². The van der Waals surface area contributed by atoms with E-state index in [9.17, 15) is 9.59 Å². The molecule has 0 aliphatic carbocycles. The smallest absolute Gasteiger partial charge is 0.338 e. The molecule has 7 rings (SSSR count). The number of rotatable bonds is 8. The Morgan fingerprint density at radius 3 is 2.53 bits per heavy atom. The molecule has 7 nitrogen and oxygen atoms in total. The van der Waals surface area contributed by atoms with Crippen LogP contribution >= 0.6 is 46.2 Å². The summed E-state index contributed by atoms with van der Waals surface area (Å²) in [5.74, 6) is 0.0357. The fourth-order valence-corrected chi connectivity index (χ4v) is 8.48. The summed E-state index contributed by atoms with van der Waals surface area (Å²) < 4.78 is 15.7. The van der Waals surface area contributed by atoms with Crippen molar-refractivity contribution in [2.45, 2.75) is 27.3 Å². The molecule has 0 unspecified atom stereocenters. The number of thiazole rings is 2. The number of nitrogens with zero attached hydrogens (tertiary/aromatic N) is 3. The highest BCUT2D eigenvalue weighted by Crippen LogP contribution is 2.37. The zero-order chi connectivity index (χ0) is 30.9. The molecule has 45 heavy (non-hydrogen) atoms. The molecule has 0 bridgehead atoms. The molecule has 3 aromatic carbocycles. The van der Waals surface area contributed by atoms with E-state index in [2.05, 4.69) is 4.98 Å². The maximum Gasteiger partial charge on any atom is 0.338 e. The van der Waals surface area contributed by atoms with E-state index in [0.29, 0.717) is 31.5 Å². The Morgan fingerprint density at radius 1 is 1.00 bits per heavy atom. The molecular weight excluding hydrogens is 643 g/mol. The predicted octanol–water partition coefficient (Wildman–Crippen LogP) is 7.01. The average molecular weight is 668 g/mol. The van der Waals surface area contributed by atoms with Gasteiger partial charge in [-0.1, -0.05) is 65.9 Å². The van der Waals surface area contributed by atoms with Crippen LogP contribution in [0.1, 0.15) is 29.9 Å². The van der Waals surface area contributed by atoms with Crippen LogP contribution in [0.25, 0.3) is 22.0 Å². The number of carbonyl (C=O) groups is 1. The van der Waals surface area contributed by atoms with E-state index in [0.717, 1.165) is 30.6 Å². The standard InChI is InChI=1S/C34H25N3O4S4/c1-3-40-32(39)28-29(20-9-5-4-6-10-20)36-33-37(30(28)21-13-16-23(42-2)17-14-21)31(38)26(43-33)19-22-15-18-27(41-22)45-34-35-24-11-7-8-12-25(24)44-34/h4-19,30H,3H2,1-2H3/b26-19+/t30-/m1/s1. The molecule has 4 heterocycles. The Morgan fingerprint density at radius 2 is 1.78 bits per heavy atom. The Bertz CT molecular complexity index is 2210. The fourth-order valence-electron chi connectivity index (χ4n) is 5.12. The first-order valence-electron chi connectivity index (χ1n) is 14.1. The zero-order valence-corrected chi connectivity index (χ0v) is 27.4. The van der Waals surface area contributed by atoms with Gasteiger partial charge in [0.05, 0.1) is 38.7 Å². The minimum absolute atomic E-state index is 0.197. The maximum atomic E-state index is 14.1. The molecule has 11 heteroatoms. The van der Waals surface area contributed by atoms with Gasteiger partial charge in [-0.05, 0) is 66.9 Å². The number of fused-ring (bicyclic) bond motifs is 2. The van der Waals surface area contributed by atoms with E-state index in [1.54, 1.807) is 40.7 Å². The number of thioether (sulfide) groups is 1. The lowest BCUT2D eigenvalue weighted by atomic mass is 9.93. The van der Waals surface area contributed by atoms with Crippen molar-refractivity contribution in [3.63, 3.8) is 0 Å². The first kappa shape index (κ1) is 29.5. The number of ether oxygens (including phenoxy) is 1. The highest BCUT2D eigenvalue weighted by atomic mass is 32.2. The summed E-state index contributed by atoms with van der Waals surface area (Å²) in [4.78, 5) is 38.9. The van der Waals surface area contributed by atoms with Gasteiger partial charge < -0.3 is 9.15 Å². The van der Waals surface area contributed by atoms with Gasteiger partial charge in [0.2, 0.25) is 0 Å². The van der Waals surface area contributed by atoms with Gasteiger partial charge in [-0.15, -0.1) is 23.1 Å². The van der Waals surface area contributed by atoms with Crippen molar-refractivity contribution in [1.82, 2.24) is 9.55 Å². The Kier molecular flexibility index (Phi) is 8.33. The van der Waals surface area contributed by atoms with Crippen molar-refractivity contribution < 1.29 is 13.9 Å². The van der Waals surface area contributed by atoms with E-state index in [-0.39, 0.29) is 12.2 Å². The van der Waals surface area contributed by atoms with Gasteiger partial charge in [0, 0.05) is 16.5 Å². The summed E-state index contributed by atoms with van der Waals surface area (Å²) in [6.07, 6.45) is 3.74. The molecule has 0 radical (unpaired) electrons. The maximum absolute atomic E-state index is 14.1. The van der Waals surface area contributed by atoms with Gasteiger partial charge in [-0.25, -0.2) is 14.8 Å². The molecule has 1 atom stereocenters. The summed E-state index contributed by atoms with van der Waals surface area (Å²) >= 11 is 5.94. The average Bonchev–Trinajstić information content (AvgIpc) is 3.77. The number of carbonyl (C=O) groups excluding carboxylic acids is 1. The Labute approximate surface area is 274 Å². The van der Waals surface area contributed by atoms with E-state index >= 15 is 0 Å². The Balaban J connectivity index is 1.34. The quantitative estimate of drug-likeness (QED) is 0.128. The van der Waals surface area contributed by atoms with Crippen LogP contribution in [0.3, 0.4) is 0 Å². The van der Waals surface area contributed by atoms with Crippen molar-refractivity contribution in [1.29, 1.82) is 0 Å². The monoisotopic (exact) mass is 667 g/mol. The van der Waals surface area contributed by atoms with Crippen LogP contribution in [0.4, 0.5) is 0 Å². The van der Waals surface area contributed by atoms with Crippen molar-refractivity contribution in [2.24, 2.45) is 4.99 Å². The normalized spacial score (nSPS) is 14.9. The molecule has 3 aromatic heterocycles. The van der Waals surface area contributed by atoms with Crippen molar-refractivity contribution in [3.8, 4) is 0 Å². The lowest BCUT2D eigenvalue weighted by molar-refractivity contribution is -0.138. The van der Waals surface area contributed by atoms with Crippen LogP contribution in [0.5, 0.6) is 0 Å². The summed E-state index contributed by atoms with van der Waals surface area (Å²) in [6.45, 7) is 1.97. The molecule has 6 aromatic rings. The second-order valence-corrected chi connectivity index (χ2v) is 14.1. The number of hydrogen-bond acceptors (Lipinski definition) is 10. The summed E-state index contributed by atoms with van der Waals surface area (Å²) in [5.41, 5.74) is 3.07. The van der Waals surface area contributed by atoms with Crippen molar-refractivity contribution in [2.75, 3.05) is 12.9 Å². The molecule has 0 N–H and O–H groups in total. The minimum atomic E-state index is -0.727. The molecular formula is C34H25N3O4S4. The number of aromatic nitrogens is 2. The van der Waals surface area contributed by atoms with Crippen LogP contribution in [-0.2, 0) is 9.53 Å². The summed E-state index contributed by atoms with van der Waals surface area (Å²) in [7, 11) is 0. The first-order chi connectivity index (χ1) is 22.0. The number of para-hydroxylation sites is 1. The van der Waals surface area contributed by atoms with Crippen LogP contribution in [0.15, 0.2) is 125 Å². The number of hydrogen-bond donors (Lipinski definition) is 0. The van der Waals surface area contributed by atoms with E-state index < -0.39 is 12.0 Å². The molecule has 224 valence electrons. The van der Waals surface area contributed by atoms with Crippen LogP contribution in [-0.4, -0.2) is 28.4 Å². The molecule has 0 amide bonds. The van der Waals surface area contributed by atoms with Gasteiger partial charge >= 0.3 is 5.97 Å². The third-order valence-electron chi connectivity index (χ3n) is 7.14. The van der Waals surface area contributed by atoms with Crippen LogP contribution in [0, 0.1) is 0 Å².